The van der Waals surface area contributed by atoms with E-state index in [1.807, 2.05) is 38.2 Å². The molecule has 0 saturated carbocycles. The Morgan fingerprint density at radius 1 is 1.15 bits per heavy atom. The van der Waals surface area contributed by atoms with Crippen LogP contribution in [0.15, 0.2) is 60.7 Å². The summed E-state index contributed by atoms with van der Waals surface area (Å²) in [6.07, 6.45) is 0.588. The molecule has 0 spiro atoms. The number of halogens is 2. The number of anilines is 2. The fourth-order valence-electron chi connectivity index (χ4n) is 2.96. The number of para-hydroxylation sites is 1. The SMILES string of the molecule is CNc1nc2ccc(C(=O)Nc3c(C)cccc3Cl)cc2s1.O=CNCc1cccc(F)c1. The van der Waals surface area contributed by atoms with Crippen molar-refractivity contribution in [2.75, 3.05) is 17.7 Å². The number of thiazole rings is 1. The summed E-state index contributed by atoms with van der Waals surface area (Å²) in [5, 5.41) is 9.69. The van der Waals surface area contributed by atoms with Gasteiger partial charge in [-0.3, -0.25) is 9.59 Å². The zero-order valence-electron chi connectivity index (χ0n) is 18.0. The molecule has 0 aliphatic carbocycles. The summed E-state index contributed by atoms with van der Waals surface area (Å²) < 4.78 is 13.4. The van der Waals surface area contributed by atoms with Crippen molar-refractivity contribution in [2.24, 2.45) is 0 Å². The molecule has 2 amide bonds. The minimum Gasteiger partial charge on any atom is -0.365 e. The van der Waals surface area contributed by atoms with Gasteiger partial charge >= 0.3 is 0 Å². The molecule has 3 N–H and O–H groups in total. The Bertz CT molecular complexity index is 1260. The lowest BCUT2D eigenvalue weighted by Crippen LogP contribution is -2.13. The minimum atomic E-state index is -0.282. The third kappa shape index (κ3) is 6.50. The summed E-state index contributed by atoms with van der Waals surface area (Å²) in [5.41, 5.74) is 3.79. The highest BCUT2D eigenvalue weighted by Gasteiger charge is 2.12. The van der Waals surface area contributed by atoms with Crippen molar-refractivity contribution in [3.8, 4) is 0 Å². The van der Waals surface area contributed by atoms with Gasteiger partial charge in [0, 0.05) is 19.2 Å². The van der Waals surface area contributed by atoms with Gasteiger partial charge in [0.05, 0.1) is 20.9 Å². The number of rotatable bonds is 6. The van der Waals surface area contributed by atoms with E-state index in [1.54, 1.807) is 24.3 Å². The van der Waals surface area contributed by atoms with Crippen LogP contribution in [0.1, 0.15) is 21.5 Å². The van der Waals surface area contributed by atoms with Gasteiger partial charge in [-0.1, -0.05) is 47.2 Å². The van der Waals surface area contributed by atoms with Gasteiger partial charge in [0.2, 0.25) is 6.41 Å². The number of benzene rings is 3. The summed E-state index contributed by atoms with van der Waals surface area (Å²) in [7, 11) is 1.82. The van der Waals surface area contributed by atoms with Crippen molar-refractivity contribution in [2.45, 2.75) is 13.5 Å². The van der Waals surface area contributed by atoms with E-state index in [4.69, 9.17) is 11.6 Å². The molecule has 0 bridgehead atoms. The smallest absolute Gasteiger partial charge is 0.255 e. The molecule has 1 heterocycles. The van der Waals surface area contributed by atoms with Gasteiger partial charge in [-0.05, 0) is 54.4 Å². The second kappa shape index (κ2) is 11.4. The largest absolute Gasteiger partial charge is 0.365 e. The number of aromatic nitrogens is 1. The van der Waals surface area contributed by atoms with Crippen LogP contribution in [-0.4, -0.2) is 24.3 Å². The topological polar surface area (TPSA) is 83.1 Å². The fourth-order valence-corrected chi connectivity index (χ4v) is 4.08. The normalized spacial score (nSPS) is 10.2. The molecule has 170 valence electrons. The summed E-state index contributed by atoms with van der Waals surface area (Å²) in [4.78, 5) is 26.7. The number of nitrogens with zero attached hydrogens (tertiary/aromatic N) is 1. The number of hydrogen-bond acceptors (Lipinski definition) is 5. The Morgan fingerprint density at radius 3 is 2.64 bits per heavy atom. The second-order valence-corrected chi connectivity index (χ2v) is 8.40. The third-order valence-corrected chi connectivity index (χ3v) is 5.95. The highest BCUT2D eigenvalue weighted by Crippen LogP contribution is 2.28. The van der Waals surface area contributed by atoms with Crippen molar-refractivity contribution >= 4 is 56.3 Å². The number of fused-ring (bicyclic) bond motifs is 1. The molecule has 0 atom stereocenters. The first-order valence-corrected chi connectivity index (χ1v) is 11.2. The molecule has 3 aromatic carbocycles. The summed E-state index contributed by atoms with van der Waals surface area (Å²) in [6.45, 7) is 2.29. The second-order valence-electron chi connectivity index (χ2n) is 6.97. The summed E-state index contributed by atoms with van der Waals surface area (Å²) in [6, 6.07) is 17.1. The lowest BCUT2D eigenvalue weighted by Gasteiger charge is -2.10. The van der Waals surface area contributed by atoms with Crippen molar-refractivity contribution in [3.05, 3.63) is 88.2 Å². The fraction of sp³-hybridized carbons (Fsp3) is 0.125. The summed E-state index contributed by atoms with van der Waals surface area (Å²) in [5.74, 6) is -0.465. The molecule has 33 heavy (non-hydrogen) atoms. The van der Waals surface area contributed by atoms with Crippen molar-refractivity contribution in [1.29, 1.82) is 0 Å². The van der Waals surface area contributed by atoms with Gasteiger partial charge in [-0.25, -0.2) is 9.37 Å². The Morgan fingerprint density at radius 2 is 1.94 bits per heavy atom. The monoisotopic (exact) mass is 484 g/mol. The molecule has 0 fully saturated rings. The zero-order valence-corrected chi connectivity index (χ0v) is 19.6. The molecule has 4 rings (SSSR count). The first-order valence-electron chi connectivity index (χ1n) is 9.97. The number of carbonyl (C=O) groups is 2. The van der Waals surface area contributed by atoms with Crippen LogP contribution in [0, 0.1) is 12.7 Å². The molecular formula is C24H22ClFN4O2S. The molecule has 0 aliphatic rings. The van der Waals surface area contributed by atoms with Gasteiger partial charge in [0.15, 0.2) is 5.13 Å². The maximum Gasteiger partial charge on any atom is 0.255 e. The number of nitrogens with one attached hydrogen (secondary N) is 3. The maximum atomic E-state index is 12.5. The Kier molecular flexibility index (Phi) is 8.34. The molecule has 0 unspecified atom stereocenters. The van der Waals surface area contributed by atoms with Crippen LogP contribution < -0.4 is 16.0 Å². The van der Waals surface area contributed by atoms with Crippen molar-refractivity contribution < 1.29 is 14.0 Å². The highest BCUT2D eigenvalue weighted by atomic mass is 35.5. The molecule has 4 aromatic rings. The van der Waals surface area contributed by atoms with E-state index in [2.05, 4.69) is 20.9 Å². The standard InChI is InChI=1S/C16H14ClN3OS.C8H8FNO/c1-9-4-3-5-11(17)14(9)20-15(21)10-6-7-12-13(8-10)22-16(18-2)19-12;9-8-3-1-2-7(4-8)5-10-6-11/h3-8H,1-2H3,(H,18,19)(H,20,21);1-4,6H,5H2,(H,10,11). The first-order chi connectivity index (χ1) is 15.9. The van der Waals surface area contributed by atoms with Crippen LogP contribution in [0.5, 0.6) is 0 Å². The molecule has 0 saturated heterocycles. The zero-order chi connectivity index (χ0) is 23.8. The van der Waals surface area contributed by atoms with E-state index in [-0.39, 0.29) is 11.7 Å². The number of aryl methyl sites for hydroxylation is 1. The van der Waals surface area contributed by atoms with Crippen LogP contribution in [-0.2, 0) is 11.3 Å². The van der Waals surface area contributed by atoms with E-state index < -0.39 is 0 Å². The van der Waals surface area contributed by atoms with Gasteiger partial charge < -0.3 is 16.0 Å². The molecule has 0 aliphatic heterocycles. The molecule has 1 aromatic heterocycles. The average Bonchev–Trinajstić information content (AvgIpc) is 3.23. The van der Waals surface area contributed by atoms with E-state index >= 15 is 0 Å². The highest BCUT2D eigenvalue weighted by molar-refractivity contribution is 7.22. The molecule has 6 nitrogen and oxygen atoms in total. The van der Waals surface area contributed by atoms with E-state index in [0.29, 0.717) is 29.2 Å². The van der Waals surface area contributed by atoms with Gasteiger partial charge in [0.25, 0.3) is 5.91 Å². The lowest BCUT2D eigenvalue weighted by atomic mass is 10.1. The van der Waals surface area contributed by atoms with E-state index in [1.165, 1.54) is 23.5 Å². The Labute approximate surface area is 199 Å². The van der Waals surface area contributed by atoms with Crippen molar-refractivity contribution in [3.63, 3.8) is 0 Å². The van der Waals surface area contributed by atoms with E-state index in [9.17, 15) is 14.0 Å². The Hall–Kier alpha value is -3.49. The predicted molar refractivity (Wildman–Crippen MR) is 133 cm³/mol. The number of amides is 2. The minimum absolute atomic E-state index is 0.183. The number of hydrogen-bond donors (Lipinski definition) is 3. The summed E-state index contributed by atoms with van der Waals surface area (Å²) >= 11 is 7.66. The van der Waals surface area contributed by atoms with Crippen molar-refractivity contribution in [1.82, 2.24) is 10.3 Å². The lowest BCUT2D eigenvalue weighted by molar-refractivity contribution is -0.109. The Balaban J connectivity index is 0.000000235. The van der Waals surface area contributed by atoms with Crippen LogP contribution in [0.2, 0.25) is 5.02 Å². The van der Waals surface area contributed by atoms with Gasteiger partial charge in [0.1, 0.15) is 5.82 Å². The predicted octanol–water partition coefficient (Wildman–Crippen LogP) is 5.62. The molecular weight excluding hydrogens is 463 g/mol. The maximum absolute atomic E-state index is 12.5. The van der Waals surface area contributed by atoms with Gasteiger partial charge in [-0.15, -0.1) is 0 Å². The first kappa shape index (κ1) is 24.2. The van der Waals surface area contributed by atoms with Gasteiger partial charge in [-0.2, -0.15) is 0 Å². The number of carbonyl (C=O) groups excluding carboxylic acids is 2. The average molecular weight is 485 g/mol. The van der Waals surface area contributed by atoms with Crippen LogP contribution in [0.3, 0.4) is 0 Å². The quantitative estimate of drug-likeness (QED) is 0.310. The van der Waals surface area contributed by atoms with Crippen LogP contribution >= 0.6 is 22.9 Å². The third-order valence-electron chi connectivity index (χ3n) is 4.60. The molecule has 0 radical (unpaired) electrons. The molecule has 9 heteroatoms. The van der Waals surface area contributed by atoms with E-state index in [0.717, 1.165) is 26.5 Å². The van der Waals surface area contributed by atoms with Crippen LogP contribution in [0.25, 0.3) is 10.2 Å². The van der Waals surface area contributed by atoms with Crippen LogP contribution in [0.4, 0.5) is 15.2 Å².